The minimum atomic E-state index is -4.45. The minimum Gasteiger partial charge on any atom is -0.508 e. The van der Waals surface area contributed by atoms with Gasteiger partial charge in [0.2, 0.25) is 0 Å². The van der Waals surface area contributed by atoms with E-state index in [2.05, 4.69) is 6.92 Å². The Kier molecular flexibility index (Phi) is 8.28. The zero-order chi connectivity index (χ0) is 22.4. The maximum absolute atomic E-state index is 13.2. The first-order chi connectivity index (χ1) is 14.1. The molecule has 0 fully saturated rings. The number of hydrogen-bond acceptors (Lipinski definition) is 6. The van der Waals surface area contributed by atoms with Crippen molar-refractivity contribution >= 4 is 20.0 Å². The topological polar surface area (TPSA) is 112 Å². The number of rotatable bonds is 11. The smallest absolute Gasteiger partial charge is 0.256 e. The molecule has 0 saturated heterocycles. The van der Waals surface area contributed by atoms with Crippen molar-refractivity contribution in [3.05, 3.63) is 48.0 Å². The van der Waals surface area contributed by atoms with Gasteiger partial charge in [-0.15, -0.1) is 0 Å². The number of nitrogens with zero attached hydrogens (tertiary/aromatic N) is 1. The van der Waals surface area contributed by atoms with E-state index in [1.54, 1.807) is 6.92 Å². The summed E-state index contributed by atoms with van der Waals surface area (Å²) < 4.78 is 53.3. The average molecular weight is 456 g/mol. The SMILES string of the molecule is CCCCCCCCN(S(=O)(=O)c1cccc(O)c1)S(=O)(=O)c1ccc(C)c(O)c1. The zero-order valence-corrected chi connectivity index (χ0v) is 18.9. The molecule has 7 nitrogen and oxygen atoms in total. The van der Waals surface area contributed by atoms with E-state index < -0.39 is 20.0 Å². The number of unbranched alkanes of at least 4 members (excludes halogenated alkanes) is 5. The molecular weight excluding hydrogens is 426 g/mol. The van der Waals surface area contributed by atoms with E-state index in [0.29, 0.717) is 22.1 Å². The fourth-order valence-corrected chi connectivity index (χ4v) is 6.80. The van der Waals surface area contributed by atoms with Gasteiger partial charge in [-0.05, 0) is 43.2 Å². The molecule has 0 aliphatic rings. The number of aromatic hydroxyl groups is 2. The van der Waals surface area contributed by atoms with Crippen molar-refractivity contribution in [1.82, 2.24) is 3.71 Å². The van der Waals surface area contributed by atoms with Crippen LogP contribution in [-0.2, 0) is 20.0 Å². The van der Waals surface area contributed by atoms with Crippen LogP contribution in [0.25, 0.3) is 0 Å². The van der Waals surface area contributed by atoms with Crippen LogP contribution in [0, 0.1) is 6.92 Å². The number of phenolic OH excluding ortho intramolecular Hbond substituents is 2. The molecule has 0 spiro atoms. The van der Waals surface area contributed by atoms with Crippen LogP contribution in [0.2, 0.25) is 0 Å². The molecular formula is C21H29NO6S2. The van der Waals surface area contributed by atoms with Crippen molar-refractivity contribution in [3.8, 4) is 11.5 Å². The molecule has 9 heteroatoms. The third-order valence-corrected chi connectivity index (χ3v) is 9.14. The fourth-order valence-electron chi connectivity index (χ4n) is 3.02. The summed E-state index contributed by atoms with van der Waals surface area (Å²) >= 11 is 0. The Hall–Kier alpha value is -2.10. The number of sulfonamides is 2. The van der Waals surface area contributed by atoms with E-state index in [4.69, 9.17) is 0 Å². The highest BCUT2D eigenvalue weighted by molar-refractivity contribution is 8.04. The standard InChI is InChI=1S/C21H29NO6S2/c1-3-4-5-6-7-8-14-22(29(25,26)19-11-9-10-18(23)15-19)30(27,28)20-13-12-17(2)21(24)16-20/h9-13,15-16,23-24H,3-8,14H2,1-2H3. The van der Waals surface area contributed by atoms with Crippen LogP contribution < -0.4 is 0 Å². The molecule has 0 aliphatic carbocycles. The Balaban J connectivity index is 2.41. The van der Waals surface area contributed by atoms with Gasteiger partial charge < -0.3 is 10.2 Å². The Morgan fingerprint density at radius 1 is 0.800 bits per heavy atom. The van der Waals surface area contributed by atoms with Gasteiger partial charge in [0.05, 0.1) is 9.79 Å². The summed E-state index contributed by atoms with van der Waals surface area (Å²) in [6.45, 7) is 3.48. The zero-order valence-electron chi connectivity index (χ0n) is 17.3. The second-order valence-corrected chi connectivity index (χ2v) is 11.2. The van der Waals surface area contributed by atoms with Crippen molar-refractivity contribution < 1.29 is 27.0 Å². The second-order valence-electron chi connectivity index (χ2n) is 7.22. The van der Waals surface area contributed by atoms with Crippen LogP contribution >= 0.6 is 0 Å². The van der Waals surface area contributed by atoms with Crippen molar-refractivity contribution in [1.29, 1.82) is 0 Å². The molecule has 0 amide bonds. The highest BCUT2D eigenvalue weighted by Crippen LogP contribution is 2.29. The van der Waals surface area contributed by atoms with Crippen molar-refractivity contribution in [2.75, 3.05) is 6.54 Å². The lowest BCUT2D eigenvalue weighted by Crippen LogP contribution is -2.37. The first kappa shape index (κ1) is 24.2. The molecule has 0 radical (unpaired) electrons. The Labute approximate surface area is 179 Å². The third-order valence-electron chi connectivity index (χ3n) is 4.82. The Morgan fingerprint density at radius 3 is 2.00 bits per heavy atom. The number of benzene rings is 2. The normalized spacial score (nSPS) is 12.4. The molecule has 30 heavy (non-hydrogen) atoms. The monoisotopic (exact) mass is 455 g/mol. The van der Waals surface area contributed by atoms with Crippen LogP contribution in [0.5, 0.6) is 11.5 Å². The largest absolute Gasteiger partial charge is 0.508 e. The highest BCUT2D eigenvalue weighted by Gasteiger charge is 2.36. The van der Waals surface area contributed by atoms with Crippen molar-refractivity contribution in [3.63, 3.8) is 0 Å². The molecule has 2 rings (SSSR count). The van der Waals surface area contributed by atoms with E-state index >= 15 is 0 Å². The van der Waals surface area contributed by atoms with Gasteiger partial charge in [-0.3, -0.25) is 0 Å². The average Bonchev–Trinajstić information content (AvgIpc) is 2.69. The summed E-state index contributed by atoms with van der Waals surface area (Å²) in [6, 6.07) is 8.66. The number of phenols is 2. The number of aryl methyl sites for hydroxylation is 1. The molecule has 2 aromatic rings. The van der Waals surface area contributed by atoms with Crippen LogP contribution in [0.3, 0.4) is 0 Å². The third kappa shape index (κ3) is 5.74. The molecule has 0 bridgehead atoms. The maximum Gasteiger partial charge on any atom is 0.256 e. The van der Waals surface area contributed by atoms with E-state index in [0.717, 1.165) is 37.8 Å². The van der Waals surface area contributed by atoms with E-state index in [1.807, 2.05) is 0 Å². The molecule has 0 unspecified atom stereocenters. The minimum absolute atomic E-state index is 0.221. The van der Waals surface area contributed by atoms with Gasteiger partial charge in [-0.2, -0.15) is 0 Å². The Morgan fingerprint density at radius 2 is 1.40 bits per heavy atom. The second kappa shape index (κ2) is 10.3. The van der Waals surface area contributed by atoms with Gasteiger partial charge in [-0.25, -0.2) is 16.8 Å². The first-order valence-electron chi connectivity index (χ1n) is 9.97. The van der Waals surface area contributed by atoms with Gasteiger partial charge in [0.15, 0.2) is 0 Å². The first-order valence-corrected chi connectivity index (χ1v) is 12.9. The molecule has 0 saturated carbocycles. The molecule has 0 atom stereocenters. The molecule has 166 valence electrons. The quantitative estimate of drug-likeness (QED) is 0.492. The lowest BCUT2D eigenvalue weighted by atomic mass is 10.1. The lowest BCUT2D eigenvalue weighted by molar-refractivity contribution is 0.463. The lowest BCUT2D eigenvalue weighted by Gasteiger charge is -2.22. The van der Waals surface area contributed by atoms with Crippen LogP contribution in [0.1, 0.15) is 51.0 Å². The van der Waals surface area contributed by atoms with E-state index in [1.165, 1.54) is 30.3 Å². The van der Waals surface area contributed by atoms with Crippen molar-refractivity contribution in [2.24, 2.45) is 0 Å². The van der Waals surface area contributed by atoms with Gasteiger partial charge in [0, 0.05) is 12.6 Å². The molecule has 0 aliphatic heterocycles. The predicted octanol–water partition coefficient (Wildman–Crippen LogP) is 4.15. The molecule has 0 aromatic heterocycles. The maximum atomic E-state index is 13.2. The summed E-state index contributed by atoms with van der Waals surface area (Å²) in [5.74, 6) is -0.508. The van der Waals surface area contributed by atoms with Gasteiger partial charge in [0.25, 0.3) is 20.0 Å². The summed E-state index contributed by atoms with van der Waals surface area (Å²) in [5, 5.41) is 19.6. The number of hydrogen-bond donors (Lipinski definition) is 2. The fraction of sp³-hybridized carbons (Fsp3) is 0.429. The summed E-state index contributed by atoms with van der Waals surface area (Å²) in [7, 11) is -8.90. The van der Waals surface area contributed by atoms with Crippen LogP contribution in [0.15, 0.2) is 52.3 Å². The highest BCUT2D eigenvalue weighted by atomic mass is 32.3. The van der Waals surface area contributed by atoms with Gasteiger partial charge >= 0.3 is 0 Å². The Bertz CT molecular complexity index is 1060. The summed E-state index contributed by atoms with van der Waals surface area (Å²) in [5.41, 5.74) is 0.479. The molecule has 2 aromatic carbocycles. The van der Waals surface area contributed by atoms with Gasteiger partial charge in [-0.1, -0.05) is 54.9 Å². The van der Waals surface area contributed by atoms with Crippen molar-refractivity contribution in [2.45, 2.75) is 62.2 Å². The predicted molar refractivity (Wildman–Crippen MR) is 115 cm³/mol. The van der Waals surface area contributed by atoms with E-state index in [-0.39, 0.29) is 27.8 Å². The van der Waals surface area contributed by atoms with Crippen LogP contribution in [-0.4, -0.2) is 37.3 Å². The van der Waals surface area contributed by atoms with Gasteiger partial charge in [0.1, 0.15) is 11.5 Å². The molecule has 0 heterocycles. The van der Waals surface area contributed by atoms with E-state index in [9.17, 15) is 27.0 Å². The summed E-state index contributed by atoms with van der Waals surface area (Å²) in [4.78, 5) is -0.617. The molecule has 2 N–H and O–H groups in total. The summed E-state index contributed by atoms with van der Waals surface area (Å²) in [6.07, 6.45) is 5.11. The van der Waals surface area contributed by atoms with Crippen LogP contribution in [0.4, 0.5) is 0 Å².